The highest BCUT2D eigenvalue weighted by Gasteiger charge is 2.18. The van der Waals surface area contributed by atoms with E-state index in [1.807, 2.05) is 25.1 Å². The molecular formula is C14H20ClN3O. The number of benzene rings is 1. The Morgan fingerprint density at radius 1 is 1.37 bits per heavy atom. The number of rotatable bonds is 2. The molecule has 4 nitrogen and oxygen atoms in total. The highest BCUT2D eigenvalue weighted by atomic mass is 35.5. The predicted octanol–water partition coefficient (Wildman–Crippen LogP) is 2.86. The lowest BCUT2D eigenvalue weighted by Gasteiger charge is -2.29. The number of urea groups is 1. The van der Waals surface area contributed by atoms with Crippen molar-refractivity contribution in [3.05, 3.63) is 28.8 Å². The van der Waals surface area contributed by atoms with Crippen molar-refractivity contribution in [1.82, 2.24) is 10.2 Å². The zero-order chi connectivity index (χ0) is 13.8. The Balaban J connectivity index is 1.87. The molecule has 1 fully saturated rings. The fourth-order valence-corrected chi connectivity index (χ4v) is 2.50. The second-order valence-corrected chi connectivity index (χ2v) is 5.57. The topological polar surface area (TPSA) is 44.4 Å². The fraction of sp³-hybridized carbons (Fsp3) is 0.500. The van der Waals surface area contributed by atoms with Crippen LogP contribution < -0.4 is 10.6 Å². The maximum absolute atomic E-state index is 11.9. The number of aryl methyl sites for hydroxylation is 1. The lowest BCUT2D eigenvalue weighted by atomic mass is 10.1. The summed E-state index contributed by atoms with van der Waals surface area (Å²) in [6.07, 6.45) is 1.98. The van der Waals surface area contributed by atoms with Gasteiger partial charge in [0.1, 0.15) is 0 Å². The molecule has 1 heterocycles. The minimum absolute atomic E-state index is 0.180. The van der Waals surface area contributed by atoms with Crippen molar-refractivity contribution < 1.29 is 4.79 Å². The van der Waals surface area contributed by atoms with Gasteiger partial charge in [-0.2, -0.15) is 0 Å². The Labute approximate surface area is 119 Å². The van der Waals surface area contributed by atoms with Crippen molar-refractivity contribution in [3.63, 3.8) is 0 Å². The zero-order valence-electron chi connectivity index (χ0n) is 11.4. The molecule has 0 saturated carbocycles. The van der Waals surface area contributed by atoms with Crippen molar-refractivity contribution in [2.45, 2.75) is 25.8 Å². The molecule has 1 aliphatic heterocycles. The molecule has 1 saturated heterocycles. The summed E-state index contributed by atoms with van der Waals surface area (Å²) in [6.45, 7) is 4.01. The van der Waals surface area contributed by atoms with Crippen LogP contribution in [-0.2, 0) is 0 Å². The standard InChI is InChI=1S/C14H20ClN3O/c1-10-3-4-13(12(15)9-10)17-14(19)16-11-5-7-18(2)8-6-11/h3-4,9,11H,5-8H2,1-2H3,(H2,16,17,19). The molecule has 1 aromatic rings. The van der Waals surface area contributed by atoms with E-state index in [0.29, 0.717) is 10.7 Å². The molecule has 0 aliphatic carbocycles. The quantitative estimate of drug-likeness (QED) is 0.875. The SMILES string of the molecule is Cc1ccc(NC(=O)NC2CCN(C)CC2)c(Cl)c1. The maximum atomic E-state index is 11.9. The number of nitrogens with one attached hydrogen (secondary N) is 2. The number of piperidine rings is 1. The Kier molecular flexibility index (Phi) is 4.66. The van der Waals surface area contributed by atoms with E-state index >= 15 is 0 Å². The smallest absolute Gasteiger partial charge is 0.319 e. The molecule has 0 radical (unpaired) electrons. The lowest BCUT2D eigenvalue weighted by molar-refractivity contribution is 0.221. The molecule has 2 N–H and O–H groups in total. The number of likely N-dealkylation sites (tertiary alicyclic amines) is 1. The maximum Gasteiger partial charge on any atom is 0.319 e. The second-order valence-electron chi connectivity index (χ2n) is 5.16. The van der Waals surface area contributed by atoms with E-state index in [1.165, 1.54) is 0 Å². The number of hydrogen-bond acceptors (Lipinski definition) is 2. The summed E-state index contributed by atoms with van der Waals surface area (Å²) in [5.41, 5.74) is 1.73. The highest BCUT2D eigenvalue weighted by Crippen LogP contribution is 2.22. The predicted molar refractivity (Wildman–Crippen MR) is 78.9 cm³/mol. The largest absolute Gasteiger partial charge is 0.335 e. The molecule has 0 unspecified atom stereocenters. The molecule has 5 heteroatoms. The lowest BCUT2D eigenvalue weighted by Crippen LogP contribution is -2.44. The molecule has 104 valence electrons. The van der Waals surface area contributed by atoms with Crippen molar-refractivity contribution in [2.75, 3.05) is 25.5 Å². The summed E-state index contributed by atoms with van der Waals surface area (Å²) in [7, 11) is 2.10. The third-order valence-corrected chi connectivity index (χ3v) is 3.74. The van der Waals surface area contributed by atoms with Crippen molar-refractivity contribution in [1.29, 1.82) is 0 Å². The Bertz CT molecular complexity index is 456. The van der Waals surface area contributed by atoms with E-state index in [1.54, 1.807) is 0 Å². The first-order valence-electron chi connectivity index (χ1n) is 6.57. The van der Waals surface area contributed by atoms with E-state index in [4.69, 9.17) is 11.6 Å². The van der Waals surface area contributed by atoms with Crippen molar-refractivity contribution in [3.8, 4) is 0 Å². The summed E-state index contributed by atoms with van der Waals surface area (Å²) in [5.74, 6) is 0. The van der Waals surface area contributed by atoms with Gasteiger partial charge in [0.05, 0.1) is 10.7 Å². The molecule has 2 amide bonds. The molecule has 0 aromatic heterocycles. The number of nitrogens with zero attached hydrogens (tertiary/aromatic N) is 1. The average Bonchev–Trinajstić information content (AvgIpc) is 2.36. The van der Waals surface area contributed by atoms with E-state index in [2.05, 4.69) is 22.6 Å². The molecule has 0 bridgehead atoms. The first kappa shape index (κ1) is 14.2. The van der Waals surface area contributed by atoms with Crippen molar-refractivity contribution in [2.24, 2.45) is 0 Å². The molecule has 0 spiro atoms. The van der Waals surface area contributed by atoms with Crippen LogP contribution in [0.1, 0.15) is 18.4 Å². The number of carbonyl (C=O) groups excluding carboxylic acids is 1. The number of anilines is 1. The summed E-state index contributed by atoms with van der Waals surface area (Å²) in [6, 6.07) is 5.66. The summed E-state index contributed by atoms with van der Waals surface area (Å²) < 4.78 is 0. The molecule has 2 rings (SSSR count). The minimum Gasteiger partial charge on any atom is -0.335 e. The van der Waals surface area contributed by atoms with E-state index in [0.717, 1.165) is 31.5 Å². The van der Waals surface area contributed by atoms with Crippen LogP contribution in [0.2, 0.25) is 5.02 Å². The van der Waals surface area contributed by atoms with Crippen LogP contribution in [0.15, 0.2) is 18.2 Å². The summed E-state index contributed by atoms with van der Waals surface area (Å²) >= 11 is 6.09. The first-order chi connectivity index (χ1) is 9.04. The van der Waals surface area contributed by atoms with Gasteiger partial charge in [-0.1, -0.05) is 17.7 Å². The van der Waals surface area contributed by atoms with Crippen LogP contribution >= 0.6 is 11.6 Å². The molecule has 19 heavy (non-hydrogen) atoms. The normalized spacial score (nSPS) is 17.2. The highest BCUT2D eigenvalue weighted by molar-refractivity contribution is 6.33. The van der Waals surface area contributed by atoms with Gasteiger partial charge in [-0.05, 0) is 57.6 Å². The third-order valence-electron chi connectivity index (χ3n) is 3.43. The Hall–Kier alpha value is -1.26. The van der Waals surface area contributed by atoms with Crippen LogP contribution in [0.25, 0.3) is 0 Å². The summed E-state index contributed by atoms with van der Waals surface area (Å²) in [5, 5.41) is 6.36. The number of halogens is 1. The van der Waals surface area contributed by atoms with Gasteiger partial charge in [0.25, 0.3) is 0 Å². The van der Waals surface area contributed by atoms with Gasteiger partial charge in [-0.25, -0.2) is 4.79 Å². The number of amides is 2. The van der Waals surface area contributed by atoms with Crippen LogP contribution in [0.3, 0.4) is 0 Å². The van der Waals surface area contributed by atoms with Gasteiger partial charge in [-0.15, -0.1) is 0 Å². The van der Waals surface area contributed by atoms with Gasteiger partial charge < -0.3 is 15.5 Å². The van der Waals surface area contributed by atoms with Crippen LogP contribution in [0.4, 0.5) is 10.5 Å². The minimum atomic E-state index is -0.180. The second kappa shape index (κ2) is 6.26. The average molecular weight is 282 g/mol. The summed E-state index contributed by atoms with van der Waals surface area (Å²) in [4.78, 5) is 14.2. The molecule has 1 aromatic carbocycles. The zero-order valence-corrected chi connectivity index (χ0v) is 12.1. The van der Waals surface area contributed by atoms with Gasteiger partial charge in [0, 0.05) is 6.04 Å². The molecular weight excluding hydrogens is 262 g/mol. The Morgan fingerprint density at radius 3 is 2.68 bits per heavy atom. The monoisotopic (exact) mass is 281 g/mol. The first-order valence-corrected chi connectivity index (χ1v) is 6.94. The molecule has 0 atom stereocenters. The van der Waals surface area contributed by atoms with Gasteiger partial charge in [0.15, 0.2) is 0 Å². The van der Waals surface area contributed by atoms with E-state index in [-0.39, 0.29) is 12.1 Å². The number of hydrogen-bond donors (Lipinski definition) is 2. The van der Waals surface area contributed by atoms with Crippen LogP contribution in [0.5, 0.6) is 0 Å². The molecule has 1 aliphatic rings. The van der Waals surface area contributed by atoms with Crippen LogP contribution in [0, 0.1) is 6.92 Å². The van der Waals surface area contributed by atoms with Gasteiger partial charge in [0.2, 0.25) is 0 Å². The third kappa shape index (κ3) is 4.11. The number of carbonyl (C=O) groups is 1. The van der Waals surface area contributed by atoms with Gasteiger partial charge in [-0.3, -0.25) is 0 Å². The van der Waals surface area contributed by atoms with Crippen molar-refractivity contribution >= 4 is 23.3 Å². The van der Waals surface area contributed by atoms with Gasteiger partial charge >= 0.3 is 6.03 Å². The Morgan fingerprint density at radius 2 is 2.05 bits per heavy atom. The van der Waals surface area contributed by atoms with E-state index < -0.39 is 0 Å². The van der Waals surface area contributed by atoms with E-state index in [9.17, 15) is 4.79 Å². The van der Waals surface area contributed by atoms with Crippen LogP contribution in [-0.4, -0.2) is 37.1 Å². The fourth-order valence-electron chi connectivity index (χ4n) is 2.22.